The average Bonchev–Trinajstić information content (AvgIpc) is 3.11. The zero-order valence-electron chi connectivity index (χ0n) is 14.5. The van der Waals surface area contributed by atoms with Crippen LogP contribution in [0.3, 0.4) is 0 Å². The number of anilines is 1. The van der Waals surface area contributed by atoms with Crippen LogP contribution in [0.1, 0.15) is 20.9 Å². The van der Waals surface area contributed by atoms with Gasteiger partial charge in [-0.2, -0.15) is 4.31 Å². The van der Waals surface area contributed by atoms with E-state index in [1.807, 2.05) is 0 Å². The Hall–Kier alpha value is -1.85. The first-order valence-electron chi connectivity index (χ1n) is 8.60. The number of sulfonamides is 1. The van der Waals surface area contributed by atoms with E-state index < -0.39 is 10.0 Å². The molecule has 4 rings (SSSR count). The van der Waals surface area contributed by atoms with E-state index in [4.69, 9.17) is 9.47 Å². The summed E-state index contributed by atoms with van der Waals surface area (Å²) in [7, 11) is -3.57. The van der Waals surface area contributed by atoms with Gasteiger partial charge < -0.3 is 9.47 Å². The minimum Gasteiger partial charge on any atom is -0.379 e. The highest BCUT2D eigenvalue weighted by Crippen LogP contribution is 2.27. The Kier molecular flexibility index (Phi) is 5.24. The molecule has 1 saturated heterocycles. The maximum Gasteiger partial charge on any atom is 0.257 e. The highest BCUT2D eigenvalue weighted by atomic mass is 32.2. The molecular weight excluding hydrogens is 390 g/mol. The standard InChI is InChI=1S/C17H19N3O5S2/c21-16(19-17-18-14-5-8-25-11-15(14)26-17)12-1-3-13(4-2-12)27(22,23)20-6-9-24-10-7-20/h1-4H,5-11H2,(H,18,19,21). The molecule has 144 valence electrons. The van der Waals surface area contributed by atoms with Crippen molar-refractivity contribution in [3.63, 3.8) is 0 Å². The van der Waals surface area contributed by atoms with Crippen molar-refractivity contribution in [3.05, 3.63) is 40.4 Å². The number of morpholine rings is 1. The van der Waals surface area contributed by atoms with Crippen LogP contribution in [0.2, 0.25) is 0 Å². The first-order valence-corrected chi connectivity index (χ1v) is 10.9. The molecule has 1 aromatic heterocycles. The topological polar surface area (TPSA) is 97.8 Å². The second-order valence-electron chi connectivity index (χ2n) is 6.19. The highest BCUT2D eigenvalue weighted by Gasteiger charge is 2.26. The van der Waals surface area contributed by atoms with E-state index in [1.54, 1.807) is 0 Å². The number of hydrogen-bond acceptors (Lipinski definition) is 7. The third kappa shape index (κ3) is 3.90. The van der Waals surface area contributed by atoms with Crippen molar-refractivity contribution < 1.29 is 22.7 Å². The molecule has 2 aliphatic heterocycles. The molecule has 8 nitrogen and oxygen atoms in total. The van der Waals surface area contributed by atoms with Crippen LogP contribution in [0.25, 0.3) is 0 Å². The molecule has 10 heteroatoms. The van der Waals surface area contributed by atoms with Crippen LogP contribution in [0, 0.1) is 0 Å². The molecule has 0 spiro atoms. The summed E-state index contributed by atoms with van der Waals surface area (Å²) in [5.41, 5.74) is 1.34. The molecular formula is C17H19N3O5S2. The number of rotatable bonds is 4. The van der Waals surface area contributed by atoms with Crippen molar-refractivity contribution in [3.8, 4) is 0 Å². The fourth-order valence-corrected chi connectivity index (χ4v) is 5.31. The van der Waals surface area contributed by atoms with E-state index in [2.05, 4.69) is 10.3 Å². The third-order valence-electron chi connectivity index (χ3n) is 4.44. The Balaban J connectivity index is 1.46. The molecule has 0 unspecified atom stereocenters. The Morgan fingerprint density at radius 1 is 1.11 bits per heavy atom. The normalized spacial score (nSPS) is 18.1. The van der Waals surface area contributed by atoms with E-state index in [9.17, 15) is 13.2 Å². The Bertz CT molecular complexity index is 910. The van der Waals surface area contributed by atoms with Gasteiger partial charge in [-0.3, -0.25) is 10.1 Å². The number of benzene rings is 1. The van der Waals surface area contributed by atoms with Gasteiger partial charge in [-0.25, -0.2) is 13.4 Å². The zero-order chi connectivity index (χ0) is 18.9. The molecule has 0 aliphatic carbocycles. The lowest BCUT2D eigenvalue weighted by molar-refractivity contribution is 0.0730. The minimum absolute atomic E-state index is 0.169. The van der Waals surface area contributed by atoms with E-state index in [0.29, 0.717) is 50.2 Å². The number of amides is 1. The molecule has 27 heavy (non-hydrogen) atoms. The Labute approximate surface area is 161 Å². The van der Waals surface area contributed by atoms with Crippen molar-refractivity contribution in [2.75, 3.05) is 38.2 Å². The van der Waals surface area contributed by atoms with Gasteiger partial charge in [-0.05, 0) is 24.3 Å². The monoisotopic (exact) mass is 409 g/mol. The molecule has 2 aromatic rings. The SMILES string of the molecule is O=C(Nc1nc2c(s1)COCC2)c1ccc(S(=O)(=O)N2CCOCC2)cc1. The number of nitrogens with zero attached hydrogens (tertiary/aromatic N) is 2. The first-order chi connectivity index (χ1) is 13.0. The van der Waals surface area contributed by atoms with E-state index in [-0.39, 0.29) is 10.8 Å². The van der Waals surface area contributed by atoms with Gasteiger partial charge in [0.2, 0.25) is 10.0 Å². The summed E-state index contributed by atoms with van der Waals surface area (Å²) in [6, 6.07) is 5.94. The molecule has 1 N–H and O–H groups in total. The average molecular weight is 409 g/mol. The number of nitrogens with one attached hydrogen (secondary N) is 1. The lowest BCUT2D eigenvalue weighted by Crippen LogP contribution is -2.40. The fourth-order valence-electron chi connectivity index (χ4n) is 2.96. The van der Waals surface area contributed by atoms with Crippen molar-refractivity contribution in [2.45, 2.75) is 17.9 Å². The lowest BCUT2D eigenvalue weighted by Gasteiger charge is -2.26. The molecule has 2 aliphatic rings. The summed E-state index contributed by atoms with van der Waals surface area (Å²) >= 11 is 1.40. The van der Waals surface area contributed by atoms with Crippen LogP contribution in [0.5, 0.6) is 0 Å². The van der Waals surface area contributed by atoms with Gasteiger partial charge in [0.15, 0.2) is 5.13 Å². The third-order valence-corrected chi connectivity index (χ3v) is 7.34. The van der Waals surface area contributed by atoms with Gasteiger partial charge in [-0.1, -0.05) is 11.3 Å². The summed E-state index contributed by atoms with van der Waals surface area (Å²) in [6.07, 6.45) is 0.746. The van der Waals surface area contributed by atoms with E-state index in [1.165, 1.54) is 39.9 Å². The van der Waals surface area contributed by atoms with E-state index >= 15 is 0 Å². The predicted octanol–water partition coefficient (Wildman–Crippen LogP) is 1.49. The molecule has 0 radical (unpaired) electrons. The van der Waals surface area contributed by atoms with Gasteiger partial charge >= 0.3 is 0 Å². The van der Waals surface area contributed by atoms with Gasteiger partial charge in [0.25, 0.3) is 5.91 Å². The van der Waals surface area contributed by atoms with Crippen LogP contribution in [0.4, 0.5) is 5.13 Å². The van der Waals surface area contributed by atoms with Gasteiger partial charge in [0.05, 0.1) is 41.9 Å². The number of fused-ring (bicyclic) bond motifs is 1. The van der Waals surface area contributed by atoms with Crippen molar-refractivity contribution in [2.24, 2.45) is 0 Å². The summed E-state index contributed by atoms with van der Waals surface area (Å²) in [5.74, 6) is -0.322. The maximum absolute atomic E-state index is 12.6. The predicted molar refractivity (Wildman–Crippen MR) is 99.4 cm³/mol. The van der Waals surface area contributed by atoms with Crippen LogP contribution in [-0.4, -0.2) is 56.5 Å². The number of thiazole rings is 1. The minimum atomic E-state index is -3.57. The Morgan fingerprint density at radius 3 is 2.56 bits per heavy atom. The molecule has 1 amide bonds. The smallest absolute Gasteiger partial charge is 0.257 e. The van der Waals surface area contributed by atoms with Gasteiger partial charge in [0, 0.05) is 25.1 Å². The molecule has 0 bridgehead atoms. The zero-order valence-corrected chi connectivity index (χ0v) is 16.1. The summed E-state index contributed by atoms with van der Waals surface area (Å²) < 4.78 is 37.2. The summed E-state index contributed by atoms with van der Waals surface area (Å²) in [5, 5.41) is 3.30. The van der Waals surface area contributed by atoms with Gasteiger partial charge in [0.1, 0.15) is 0 Å². The Morgan fingerprint density at radius 2 is 1.85 bits per heavy atom. The first kappa shape index (κ1) is 18.5. The van der Waals surface area contributed by atoms with Crippen LogP contribution < -0.4 is 5.32 Å². The number of aromatic nitrogens is 1. The largest absolute Gasteiger partial charge is 0.379 e. The lowest BCUT2D eigenvalue weighted by atomic mass is 10.2. The van der Waals surface area contributed by atoms with Crippen molar-refractivity contribution >= 4 is 32.4 Å². The van der Waals surface area contributed by atoms with Crippen LogP contribution >= 0.6 is 11.3 Å². The number of carbonyl (C=O) groups excluding carboxylic acids is 1. The van der Waals surface area contributed by atoms with Crippen molar-refractivity contribution in [1.29, 1.82) is 0 Å². The second-order valence-corrected chi connectivity index (χ2v) is 9.21. The van der Waals surface area contributed by atoms with E-state index in [0.717, 1.165) is 17.0 Å². The molecule has 0 saturated carbocycles. The molecule has 3 heterocycles. The second kappa shape index (κ2) is 7.64. The summed E-state index contributed by atoms with van der Waals surface area (Å²) in [6.45, 7) is 2.62. The van der Waals surface area contributed by atoms with Crippen LogP contribution in [-0.2, 0) is 32.5 Å². The number of hydrogen-bond donors (Lipinski definition) is 1. The quantitative estimate of drug-likeness (QED) is 0.822. The van der Waals surface area contributed by atoms with Crippen molar-refractivity contribution in [1.82, 2.24) is 9.29 Å². The number of carbonyl (C=O) groups is 1. The highest BCUT2D eigenvalue weighted by molar-refractivity contribution is 7.89. The maximum atomic E-state index is 12.6. The molecule has 1 fully saturated rings. The molecule has 1 aromatic carbocycles. The summed E-state index contributed by atoms with van der Waals surface area (Å²) in [4.78, 5) is 18.1. The number of ether oxygens (including phenoxy) is 2. The molecule has 0 atom stereocenters. The van der Waals surface area contributed by atoms with Gasteiger partial charge in [-0.15, -0.1) is 0 Å². The van der Waals surface area contributed by atoms with Crippen LogP contribution in [0.15, 0.2) is 29.2 Å². The fraction of sp³-hybridized carbons (Fsp3) is 0.412.